The van der Waals surface area contributed by atoms with E-state index < -0.39 is 5.97 Å². The van der Waals surface area contributed by atoms with Crippen molar-refractivity contribution in [3.8, 4) is 0 Å². The first kappa shape index (κ1) is 20.9. The molecule has 7 nitrogen and oxygen atoms in total. The molecule has 0 radical (unpaired) electrons. The summed E-state index contributed by atoms with van der Waals surface area (Å²) < 4.78 is 0. The number of thioether (sulfide) groups is 1. The molecule has 0 aromatic rings. The fourth-order valence-corrected chi connectivity index (χ4v) is 4.60. The SMILES string of the molecule is CC(C)CNC(=O)N1CCCC(CC(=O)N2CCSCC2CC(=O)O)C1. The van der Waals surface area contributed by atoms with E-state index in [1.165, 1.54) is 0 Å². The van der Waals surface area contributed by atoms with Gasteiger partial charge in [-0.15, -0.1) is 0 Å². The van der Waals surface area contributed by atoms with Crippen molar-refractivity contribution < 1.29 is 19.5 Å². The van der Waals surface area contributed by atoms with E-state index in [0.29, 0.717) is 37.7 Å². The van der Waals surface area contributed by atoms with Crippen LogP contribution in [-0.2, 0) is 9.59 Å². The van der Waals surface area contributed by atoms with Gasteiger partial charge in [0.25, 0.3) is 0 Å². The van der Waals surface area contributed by atoms with Gasteiger partial charge in [0.05, 0.1) is 12.5 Å². The Bertz CT molecular complexity index is 515. The summed E-state index contributed by atoms with van der Waals surface area (Å²) in [6, 6.07) is -0.262. The second-order valence-electron chi connectivity index (χ2n) is 7.65. The molecule has 0 aromatic heterocycles. The van der Waals surface area contributed by atoms with Crippen molar-refractivity contribution in [2.45, 2.75) is 45.6 Å². The topological polar surface area (TPSA) is 90.0 Å². The summed E-state index contributed by atoms with van der Waals surface area (Å²) in [7, 11) is 0. The lowest BCUT2D eigenvalue weighted by atomic mass is 9.94. The molecule has 2 heterocycles. The van der Waals surface area contributed by atoms with Crippen LogP contribution in [0.5, 0.6) is 0 Å². The zero-order chi connectivity index (χ0) is 19.1. The highest BCUT2D eigenvalue weighted by atomic mass is 32.2. The fourth-order valence-electron chi connectivity index (χ4n) is 3.54. The Hall–Kier alpha value is -1.44. The Morgan fingerprint density at radius 1 is 1.23 bits per heavy atom. The first-order chi connectivity index (χ1) is 12.4. The predicted molar refractivity (Wildman–Crippen MR) is 102 cm³/mol. The third-order valence-electron chi connectivity index (χ3n) is 4.89. The molecule has 2 unspecified atom stereocenters. The van der Waals surface area contributed by atoms with Crippen LogP contribution in [-0.4, -0.2) is 76.5 Å². The number of nitrogens with one attached hydrogen (secondary N) is 1. The number of likely N-dealkylation sites (tertiary alicyclic amines) is 1. The van der Waals surface area contributed by atoms with Crippen LogP contribution in [0.2, 0.25) is 0 Å². The van der Waals surface area contributed by atoms with E-state index in [4.69, 9.17) is 5.11 Å². The molecule has 148 valence electrons. The zero-order valence-corrected chi connectivity index (χ0v) is 16.6. The minimum Gasteiger partial charge on any atom is -0.481 e. The standard InChI is InChI=1S/C18H31N3O4S/c1-13(2)10-19-18(25)20-5-3-4-14(11-20)8-16(22)21-6-7-26-12-15(21)9-17(23)24/h13-15H,3-12H2,1-2H3,(H,19,25)(H,23,24). The first-order valence-electron chi connectivity index (χ1n) is 9.48. The maximum absolute atomic E-state index is 12.8. The lowest BCUT2D eigenvalue weighted by Gasteiger charge is -2.37. The quantitative estimate of drug-likeness (QED) is 0.729. The van der Waals surface area contributed by atoms with Gasteiger partial charge >= 0.3 is 12.0 Å². The lowest BCUT2D eigenvalue weighted by molar-refractivity contribution is -0.140. The van der Waals surface area contributed by atoms with E-state index in [0.717, 1.165) is 25.1 Å². The Morgan fingerprint density at radius 3 is 2.69 bits per heavy atom. The minimum atomic E-state index is -0.860. The van der Waals surface area contributed by atoms with Crippen molar-refractivity contribution in [1.29, 1.82) is 0 Å². The molecule has 3 amide bonds. The van der Waals surface area contributed by atoms with Gasteiger partial charge in [0.1, 0.15) is 0 Å². The number of carbonyl (C=O) groups is 3. The maximum atomic E-state index is 12.8. The van der Waals surface area contributed by atoms with Crippen LogP contribution in [0.3, 0.4) is 0 Å². The largest absolute Gasteiger partial charge is 0.481 e. The molecule has 2 N–H and O–H groups in total. The van der Waals surface area contributed by atoms with Crippen LogP contribution < -0.4 is 5.32 Å². The first-order valence-corrected chi connectivity index (χ1v) is 10.6. The van der Waals surface area contributed by atoms with Gasteiger partial charge in [0.15, 0.2) is 0 Å². The van der Waals surface area contributed by atoms with E-state index in [1.807, 2.05) is 4.90 Å². The number of carbonyl (C=O) groups excluding carboxylic acids is 2. The van der Waals surface area contributed by atoms with Crippen LogP contribution >= 0.6 is 11.8 Å². The van der Waals surface area contributed by atoms with Gasteiger partial charge in [-0.05, 0) is 24.7 Å². The summed E-state index contributed by atoms with van der Waals surface area (Å²) in [4.78, 5) is 39.6. The number of amides is 3. The smallest absolute Gasteiger partial charge is 0.317 e. The normalized spacial score (nSPS) is 23.8. The molecule has 2 atom stereocenters. The molecule has 8 heteroatoms. The third kappa shape index (κ3) is 6.37. The monoisotopic (exact) mass is 385 g/mol. The molecule has 0 aromatic carbocycles. The highest BCUT2D eigenvalue weighted by Gasteiger charge is 2.32. The molecule has 0 aliphatic carbocycles. The van der Waals surface area contributed by atoms with E-state index in [2.05, 4.69) is 19.2 Å². The van der Waals surface area contributed by atoms with Crippen LogP contribution in [0.15, 0.2) is 0 Å². The molecule has 2 saturated heterocycles. The minimum absolute atomic E-state index is 0.00708. The summed E-state index contributed by atoms with van der Waals surface area (Å²) >= 11 is 1.71. The molecule has 26 heavy (non-hydrogen) atoms. The number of nitrogens with zero attached hydrogens (tertiary/aromatic N) is 2. The zero-order valence-electron chi connectivity index (χ0n) is 15.8. The molecule has 2 rings (SSSR count). The van der Waals surface area contributed by atoms with E-state index >= 15 is 0 Å². The molecule has 2 aliphatic rings. The van der Waals surface area contributed by atoms with Crippen LogP contribution in [0.1, 0.15) is 39.5 Å². The average molecular weight is 386 g/mol. The van der Waals surface area contributed by atoms with E-state index in [-0.39, 0.29) is 30.3 Å². The third-order valence-corrected chi connectivity index (χ3v) is 5.98. The Labute approximate surface area is 159 Å². The van der Waals surface area contributed by atoms with Gasteiger partial charge in [-0.1, -0.05) is 13.8 Å². The number of carboxylic acids is 1. The molecule has 0 bridgehead atoms. The fraction of sp³-hybridized carbons (Fsp3) is 0.833. The molecular formula is C18H31N3O4S. The van der Waals surface area contributed by atoms with Gasteiger partial charge in [0.2, 0.25) is 5.91 Å². The highest BCUT2D eigenvalue weighted by Crippen LogP contribution is 2.24. The molecule has 2 fully saturated rings. The van der Waals surface area contributed by atoms with E-state index in [9.17, 15) is 14.4 Å². The van der Waals surface area contributed by atoms with Gasteiger partial charge in [0, 0.05) is 44.1 Å². The number of rotatable bonds is 6. The Kier molecular flexibility index (Phi) is 8.06. The summed E-state index contributed by atoms with van der Waals surface area (Å²) in [6.45, 7) is 6.72. The maximum Gasteiger partial charge on any atom is 0.317 e. The molecular weight excluding hydrogens is 354 g/mol. The lowest BCUT2D eigenvalue weighted by Crippen LogP contribution is -2.49. The predicted octanol–water partition coefficient (Wildman–Crippen LogP) is 1.87. The second-order valence-corrected chi connectivity index (χ2v) is 8.80. The van der Waals surface area contributed by atoms with Crippen LogP contribution in [0.4, 0.5) is 4.79 Å². The number of urea groups is 1. The van der Waals surface area contributed by atoms with Gasteiger partial charge < -0.3 is 20.2 Å². The molecule has 2 aliphatic heterocycles. The van der Waals surface area contributed by atoms with Crippen molar-refractivity contribution in [2.24, 2.45) is 11.8 Å². The number of carboxylic acid groups (broad SMARTS) is 1. The van der Waals surface area contributed by atoms with Gasteiger partial charge in [-0.25, -0.2) is 4.79 Å². The second kappa shape index (κ2) is 10.0. The van der Waals surface area contributed by atoms with Crippen LogP contribution in [0.25, 0.3) is 0 Å². The van der Waals surface area contributed by atoms with Gasteiger partial charge in [-0.2, -0.15) is 11.8 Å². The van der Waals surface area contributed by atoms with Crippen molar-refractivity contribution in [1.82, 2.24) is 15.1 Å². The summed E-state index contributed by atoms with van der Waals surface area (Å²) in [5, 5.41) is 12.0. The van der Waals surface area contributed by atoms with Crippen molar-refractivity contribution in [3.63, 3.8) is 0 Å². The number of aliphatic carboxylic acids is 1. The van der Waals surface area contributed by atoms with Crippen molar-refractivity contribution >= 4 is 29.7 Å². The summed E-state index contributed by atoms with van der Waals surface area (Å²) in [5.74, 6) is 1.28. The number of hydrogen-bond donors (Lipinski definition) is 2. The Morgan fingerprint density at radius 2 is 2.00 bits per heavy atom. The Balaban J connectivity index is 1.87. The highest BCUT2D eigenvalue weighted by molar-refractivity contribution is 7.99. The van der Waals surface area contributed by atoms with Crippen molar-refractivity contribution in [2.75, 3.05) is 37.7 Å². The number of piperidine rings is 1. The summed E-state index contributed by atoms with van der Waals surface area (Å²) in [6.07, 6.45) is 2.25. The molecule has 0 saturated carbocycles. The average Bonchev–Trinajstić information content (AvgIpc) is 2.59. The van der Waals surface area contributed by atoms with E-state index in [1.54, 1.807) is 16.7 Å². The van der Waals surface area contributed by atoms with Crippen molar-refractivity contribution in [3.05, 3.63) is 0 Å². The summed E-state index contributed by atoms with van der Waals surface area (Å²) in [5.41, 5.74) is 0. The van der Waals surface area contributed by atoms with Gasteiger partial charge in [-0.3, -0.25) is 9.59 Å². The molecule has 0 spiro atoms. The number of hydrogen-bond acceptors (Lipinski definition) is 4. The van der Waals surface area contributed by atoms with Crippen LogP contribution in [0, 0.1) is 11.8 Å².